The van der Waals surface area contributed by atoms with Gasteiger partial charge >= 0.3 is 0 Å². The molecule has 0 saturated heterocycles. The Kier molecular flexibility index (Phi) is 7.84. The number of carbonyl (C=O) groups excluding carboxylic acids is 1. The van der Waals surface area contributed by atoms with Crippen molar-refractivity contribution in [2.75, 3.05) is 13.2 Å². The van der Waals surface area contributed by atoms with Crippen molar-refractivity contribution in [3.8, 4) is 17.1 Å². The number of aliphatic hydroxyl groups is 1. The van der Waals surface area contributed by atoms with E-state index in [9.17, 15) is 9.90 Å². The van der Waals surface area contributed by atoms with Crippen LogP contribution >= 0.6 is 0 Å². The molecule has 1 aliphatic carbocycles. The number of aryl methyl sites for hydroxylation is 1. The van der Waals surface area contributed by atoms with Gasteiger partial charge in [0.1, 0.15) is 11.4 Å². The van der Waals surface area contributed by atoms with Gasteiger partial charge in [-0.25, -0.2) is 4.98 Å². The highest BCUT2D eigenvalue weighted by Crippen LogP contribution is 2.29. The second-order valence-corrected chi connectivity index (χ2v) is 8.88. The molecule has 180 valence electrons. The fraction of sp³-hybridized carbons (Fsp3) is 0.480. The van der Waals surface area contributed by atoms with Gasteiger partial charge in [-0.1, -0.05) is 12.1 Å². The number of amides is 1. The Labute approximate surface area is 199 Å². The molecule has 0 unspecified atom stereocenters. The van der Waals surface area contributed by atoms with E-state index in [4.69, 9.17) is 4.74 Å². The number of hydrogen-bond donors (Lipinski definition) is 2. The van der Waals surface area contributed by atoms with Gasteiger partial charge in [-0.3, -0.25) is 4.79 Å². The minimum Gasteiger partial charge on any atom is -0.494 e. The van der Waals surface area contributed by atoms with Crippen molar-refractivity contribution in [2.45, 2.75) is 52.6 Å². The molecule has 4 rings (SSSR count). The van der Waals surface area contributed by atoms with E-state index in [1.165, 1.54) is 0 Å². The van der Waals surface area contributed by atoms with Crippen molar-refractivity contribution in [2.24, 2.45) is 11.8 Å². The van der Waals surface area contributed by atoms with Crippen molar-refractivity contribution in [3.05, 3.63) is 53.3 Å². The van der Waals surface area contributed by atoms with Crippen LogP contribution in [0.3, 0.4) is 0 Å². The Morgan fingerprint density at radius 1 is 1.18 bits per heavy atom. The van der Waals surface area contributed by atoms with Crippen LogP contribution in [-0.2, 0) is 13.1 Å². The number of hydrogen-bond acceptors (Lipinski definition) is 7. The van der Waals surface area contributed by atoms with E-state index >= 15 is 0 Å². The molecule has 0 atom stereocenters. The van der Waals surface area contributed by atoms with E-state index in [0.717, 1.165) is 37.0 Å². The summed E-state index contributed by atoms with van der Waals surface area (Å²) in [5, 5.41) is 25.2. The van der Waals surface area contributed by atoms with Gasteiger partial charge in [-0.05, 0) is 86.4 Å². The molecule has 0 radical (unpaired) electrons. The lowest BCUT2D eigenvalue weighted by Crippen LogP contribution is -2.24. The SMILES string of the molecule is CCOc1cccc(CNC(=O)c2cc(-c3nnn(C[C@H]4CC[C@H](CO)CC4)n3)cc(C)n2)c1. The van der Waals surface area contributed by atoms with Crippen molar-refractivity contribution in [1.29, 1.82) is 0 Å². The third kappa shape index (κ3) is 6.17. The van der Waals surface area contributed by atoms with Crippen LogP contribution in [0.15, 0.2) is 36.4 Å². The fourth-order valence-electron chi connectivity index (χ4n) is 4.36. The average molecular weight is 465 g/mol. The third-order valence-corrected chi connectivity index (χ3v) is 6.21. The van der Waals surface area contributed by atoms with Crippen molar-refractivity contribution in [3.63, 3.8) is 0 Å². The highest BCUT2D eigenvalue weighted by Gasteiger charge is 2.22. The molecule has 3 aromatic rings. The van der Waals surface area contributed by atoms with Crippen LogP contribution in [0.1, 0.15) is 54.4 Å². The summed E-state index contributed by atoms with van der Waals surface area (Å²) >= 11 is 0. The number of carbonyl (C=O) groups is 1. The average Bonchev–Trinajstić information content (AvgIpc) is 3.32. The molecule has 1 saturated carbocycles. The molecule has 9 nitrogen and oxygen atoms in total. The fourth-order valence-corrected chi connectivity index (χ4v) is 4.36. The molecule has 1 fully saturated rings. The summed E-state index contributed by atoms with van der Waals surface area (Å²) < 4.78 is 5.52. The zero-order chi connectivity index (χ0) is 23.9. The van der Waals surface area contributed by atoms with Crippen molar-refractivity contribution in [1.82, 2.24) is 30.5 Å². The van der Waals surface area contributed by atoms with E-state index in [-0.39, 0.29) is 12.5 Å². The molecule has 1 amide bonds. The van der Waals surface area contributed by atoms with Crippen LogP contribution in [0, 0.1) is 18.8 Å². The number of rotatable bonds is 9. The number of aromatic nitrogens is 5. The Morgan fingerprint density at radius 2 is 1.97 bits per heavy atom. The van der Waals surface area contributed by atoms with E-state index in [0.29, 0.717) is 54.3 Å². The molecule has 2 aromatic heterocycles. The number of tetrazole rings is 1. The molecule has 0 spiro atoms. The van der Waals surface area contributed by atoms with E-state index in [2.05, 4.69) is 25.7 Å². The van der Waals surface area contributed by atoms with Gasteiger partial charge in [0.2, 0.25) is 5.82 Å². The molecular formula is C25H32N6O3. The quantitative estimate of drug-likeness (QED) is 0.500. The zero-order valence-electron chi connectivity index (χ0n) is 19.8. The van der Waals surface area contributed by atoms with Crippen LogP contribution in [0.4, 0.5) is 0 Å². The van der Waals surface area contributed by atoms with Crippen LogP contribution in [0.25, 0.3) is 11.4 Å². The lowest BCUT2D eigenvalue weighted by atomic mass is 9.82. The first-order chi connectivity index (χ1) is 16.5. The van der Waals surface area contributed by atoms with Crippen LogP contribution in [0.2, 0.25) is 0 Å². The summed E-state index contributed by atoms with van der Waals surface area (Å²) in [5.74, 6) is 1.91. The first kappa shape index (κ1) is 23.8. The van der Waals surface area contributed by atoms with Gasteiger partial charge in [-0.15, -0.1) is 10.2 Å². The summed E-state index contributed by atoms with van der Waals surface area (Å²) in [7, 11) is 0. The first-order valence-electron chi connectivity index (χ1n) is 11.9. The smallest absolute Gasteiger partial charge is 0.270 e. The summed E-state index contributed by atoms with van der Waals surface area (Å²) in [5.41, 5.74) is 2.69. The van der Waals surface area contributed by atoms with Crippen LogP contribution in [0.5, 0.6) is 5.75 Å². The number of aliphatic hydroxyl groups excluding tert-OH is 1. The van der Waals surface area contributed by atoms with E-state index < -0.39 is 0 Å². The molecular weight excluding hydrogens is 432 g/mol. The van der Waals surface area contributed by atoms with Gasteiger partial charge in [0.05, 0.1) is 13.2 Å². The molecule has 34 heavy (non-hydrogen) atoms. The minimum atomic E-state index is -0.264. The van der Waals surface area contributed by atoms with Gasteiger partial charge in [0.15, 0.2) is 0 Å². The highest BCUT2D eigenvalue weighted by molar-refractivity contribution is 5.93. The summed E-state index contributed by atoms with van der Waals surface area (Å²) in [6.07, 6.45) is 4.21. The topological polar surface area (TPSA) is 115 Å². The van der Waals surface area contributed by atoms with Gasteiger partial charge < -0.3 is 15.2 Å². The standard InChI is InChI=1S/C25H32N6O3/c1-3-34-22-6-4-5-20(12-22)14-26-25(33)23-13-21(11-17(2)27-23)24-28-30-31(29-24)15-18-7-9-19(16-32)10-8-18/h4-6,11-13,18-19,32H,3,7-10,14-16H2,1-2H3,(H,26,33)/t18-,19-. The molecule has 1 aromatic carbocycles. The lowest BCUT2D eigenvalue weighted by molar-refractivity contribution is 0.0945. The maximum absolute atomic E-state index is 12.8. The van der Waals surface area contributed by atoms with Crippen molar-refractivity contribution >= 4 is 5.91 Å². The second-order valence-electron chi connectivity index (χ2n) is 8.88. The monoisotopic (exact) mass is 464 g/mol. The number of pyridine rings is 1. The molecule has 0 aliphatic heterocycles. The van der Waals surface area contributed by atoms with Crippen LogP contribution < -0.4 is 10.1 Å². The second kappa shape index (κ2) is 11.2. The first-order valence-corrected chi connectivity index (χ1v) is 11.9. The summed E-state index contributed by atoms with van der Waals surface area (Å²) in [6, 6.07) is 11.2. The molecule has 9 heteroatoms. The zero-order valence-corrected chi connectivity index (χ0v) is 19.8. The van der Waals surface area contributed by atoms with Crippen LogP contribution in [-0.4, -0.2) is 49.4 Å². The normalized spacial score (nSPS) is 18.0. The molecule has 2 heterocycles. The Balaban J connectivity index is 1.40. The van der Waals surface area contributed by atoms with E-state index in [1.807, 2.05) is 44.2 Å². The number of ether oxygens (including phenoxy) is 1. The summed E-state index contributed by atoms with van der Waals surface area (Å²) in [6.45, 7) is 5.73. The van der Waals surface area contributed by atoms with Crippen molar-refractivity contribution < 1.29 is 14.6 Å². The largest absolute Gasteiger partial charge is 0.494 e. The maximum atomic E-state index is 12.8. The maximum Gasteiger partial charge on any atom is 0.270 e. The minimum absolute atomic E-state index is 0.264. The van der Waals surface area contributed by atoms with E-state index in [1.54, 1.807) is 10.9 Å². The Morgan fingerprint density at radius 3 is 2.74 bits per heavy atom. The summed E-state index contributed by atoms with van der Waals surface area (Å²) in [4.78, 5) is 18.8. The van der Waals surface area contributed by atoms with Gasteiger partial charge in [-0.2, -0.15) is 4.80 Å². The number of benzene rings is 1. The third-order valence-electron chi connectivity index (χ3n) is 6.21. The molecule has 2 N–H and O–H groups in total. The van der Waals surface area contributed by atoms with Gasteiger partial charge in [0.25, 0.3) is 5.91 Å². The highest BCUT2D eigenvalue weighted by atomic mass is 16.5. The number of nitrogens with zero attached hydrogens (tertiary/aromatic N) is 5. The lowest BCUT2D eigenvalue weighted by Gasteiger charge is -2.26. The predicted octanol–water partition coefficient (Wildman–Crippen LogP) is 3.17. The predicted molar refractivity (Wildman–Crippen MR) is 127 cm³/mol. The Hall–Kier alpha value is -3.33. The Bertz CT molecular complexity index is 1110. The number of nitrogens with one attached hydrogen (secondary N) is 1. The molecule has 0 bridgehead atoms. The molecule has 1 aliphatic rings. The van der Waals surface area contributed by atoms with Gasteiger partial charge in [0, 0.05) is 24.4 Å².